The molecule has 26 heavy (non-hydrogen) atoms. The molecule has 3 aromatic rings. The number of rotatable bonds is 2. The highest BCUT2D eigenvalue weighted by molar-refractivity contribution is 7.93. The summed E-state index contributed by atoms with van der Waals surface area (Å²) in [5.41, 5.74) is -1.10. The molecule has 0 spiro atoms. The summed E-state index contributed by atoms with van der Waals surface area (Å²) < 4.78 is 94.2. The van der Waals surface area contributed by atoms with Gasteiger partial charge in [-0.1, -0.05) is 24.3 Å². The van der Waals surface area contributed by atoms with E-state index in [1.807, 2.05) is 0 Å². The predicted octanol–water partition coefficient (Wildman–Crippen LogP) is 4.24. The first-order valence-electron chi connectivity index (χ1n) is 7.30. The molecule has 0 amide bonds. The van der Waals surface area contributed by atoms with Crippen molar-refractivity contribution < 1.29 is 30.4 Å². The molecule has 0 radical (unpaired) electrons. The number of hydrogen-bond acceptors (Lipinski definition) is 2. The lowest BCUT2D eigenvalue weighted by molar-refractivity contribution is 0.370. The van der Waals surface area contributed by atoms with Gasteiger partial charge in [0.05, 0.1) is 22.7 Å². The van der Waals surface area contributed by atoms with Gasteiger partial charge in [-0.3, -0.25) is 4.31 Å². The van der Waals surface area contributed by atoms with Gasteiger partial charge in [0.25, 0.3) is 10.0 Å². The van der Waals surface area contributed by atoms with Crippen molar-refractivity contribution in [2.75, 3.05) is 4.31 Å². The number of halogens is 5. The second-order valence-corrected chi connectivity index (χ2v) is 7.52. The molecule has 0 saturated heterocycles. The van der Waals surface area contributed by atoms with E-state index in [0.29, 0.717) is 15.1 Å². The van der Waals surface area contributed by atoms with Crippen LogP contribution in [0.5, 0.6) is 0 Å². The van der Waals surface area contributed by atoms with E-state index in [-0.39, 0.29) is 10.6 Å². The standard InChI is InChI=1S/C17H8F5NO2S/c18-13-9(14(19)16(21)17(22)15(13)20)7-23-10-5-1-3-8-4-2-6-11(12(8)10)26(23,24)25/h1-6H,7H2. The maximum Gasteiger partial charge on any atom is 0.265 e. The lowest BCUT2D eigenvalue weighted by Gasteiger charge is -2.20. The minimum Gasteiger partial charge on any atom is -0.261 e. The van der Waals surface area contributed by atoms with E-state index >= 15 is 0 Å². The van der Waals surface area contributed by atoms with Crippen LogP contribution < -0.4 is 4.31 Å². The van der Waals surface area contributed by atoms with Gasteiger partial charge in [0.1, 0.15) is 0 Å². The van der Waals surface area contributed by atoms with Crippen LogP contribution in [0.4, 0.5) is 27.6 Å². The van der Waals surface area contributed by atoms with Crippen LogP contribution in [0.25, 0.3) is 10.8 Å². The molecule has 0 saturated carbocycles. The lowest BCUT2D eigenvalue weighted by Crippen LogP contribution is -2.28. The molecule has 3 aromatic carbocycles. The van der Waals surface area contributed by atoms with Crippen molar-refractivity contribution in [3.8, 4) is 0 Å². The fourth-order valence-electron chi connectivity index (χ4n) is 3.06. The van der Waals surface area contributed by atoms with Crippen LogP contribution in [-0.4, -0.2) is 8.42 Å². The quantitative estimate of drug-likeness (QED) is 0.376. The Morgan fingerprint density at radius 1 is 0.769 bits per heavy atom. The molecule has 0 aliphatic carbocycles. The van der Waals surface area contributed by atoms with E-state index in [4.69, 9.17) is 0 Å². The SMILES string of the molecule is O=S1(=O)c2cccc3cccc(c23)N1Cc1c(F)c(F)c(F)c(F)c1F. The Balaban J connectivity index is 1.94. The van der Waals surface area contributed by atoms with Crippen molar-refractivity contribution in [2.45, 2.75) is 11.4 Å². The fourth-order valence-corrected chi connectivity index (χ4v) is 4.74. The first-order chi connectivity index (χ1) is 12.2. The number of nitrogens with zero attached hydrogens (tertiary/aromatic N) is 1. The second kappa shape index (κ2) is 5.41. The molecule has 0 aromatic heterocycles. The Bertz CT molecular complexity index is 1160. The van der Waals surface area contributed by atoms with Gasteiger partial charge in [0.15, 0.2) is 23.3 Å². The van der Waals surface area contributed by atoms with Crippen LogP contribution in [-0.2, 0) is 16.6 Å². The highest BCUT2D eigenvalue weighted by Crippen LogP contribution is 2.43. The Hall–Kier alpha value is -2.68. The topological polar surface area (TPSA) is 37.4 Å². The molecule has 0 unspecified atom stereocenters. The molecular formula is C17H8F5NO2S. The summed E-state index contributed by atoms with van der Waals surface area (Å²) in [5.74, 6) is -10.6. The van der Waals surface area contributed by atoms with Crippen LogP contribution in [0.2, 0.25) is 0 Å². The first kappa shape index (κ1) is 16.8. The number of benzene rings is 3. The highest BCUT2D eigenvalue weighted by Gasteiger charge is 2.37. The highest BCUT2D eigenvalue weighted by atomic mass is 32.2. The van der Waals surface area contributed by atoms with E-state index in [1.54, 1.807) is 12.1 Å². The van der Waals surface area contributed by atoms with E-state index in [9.17, 15) is 30.4 Å². The third-order valence-electron chi connectivity index (χ3n) is 4.28. The fraction of sp³-hybridized carbons (Fsp3) is 0.0588. The zero-order valence-electron chi connectivity index (χ0n) is 12.7. The normalized spacial score (nSPS) is 15.0. The van der Waals surface area contributed by atoms with Crippen molar-refractivity contribution in [1.29, 1.82) is 0 Å². The Morgan fingerprint density at radius 2 is 1.31 bits per heavy atom. The molecule has 1 aliphatic rings. The molecule has 0 bridgehead atoms. The molecule has 3 nitrogen and oxygen atoms in total. The van der Waals surface area contributed by atoms with Gasteiger partial charge in [-0.05, 0) is 17.5 Å². The van der Waals surface area contributed by atoms with E-state index in [0.717, 1.165) is 0 Å². The predicted molar refractivity (Wildman–Crippen MR) is 83.5 cm³/mol. The largest absolute Gasteiger partial charge is 0.265 e. The van der Waals surface area contributed by atoms with Gasteiger partial charge in [0, 0.05) is 5.39 Å². The van der Waals surface area contributed by atoms with Crippen molar-refractivity contribution in [3.63, 3.8) is 0 Å². The smallest absolute Gasteiger partial charge is 0.261 e. The monoisotopic (exact) mass is 385 g/mol. The maximum atomic E-state index is 14.0. The van der Waals surface area contributed by atoms with E-state index < -0.39 is 51.2 Å². The molecule has 134 valence electrons. The Labute approximate surface area is 144 Å². The van der Waals surface area contributed by atoms with E-state index in [1.165, 1.54) is 24.3 Å². The van der Waals surface area contributed by atoms with Gasteiger partial charge in [0.2, 0.25) is 5.82 Å². The van der Waals surface area contributed by atoms with Gasteiger partial charge >= 0.3 is 0 Å². The molecule has 4 rings (SSSR count). The van der Waals surface area contributed by atoms with Gasteiger partial charge in [-0.15, -0.1) is 0 Å². The number of hydrogen-bond donors (Lipinski definition) is 0. The minimum absolute atomic E-state index is 0.0885. The summed E-state index contributed by atoms with van der Waals surface area (Å²) in [4.78, 5) is -0.0885. The Kier molecular flexibility index (Phi) is 3.49. The van der Waals surface area contributed by atoms with Gasteiger partial charge in [-0.25, -0.2) is 30.4 Å². The van der Waals surface area contributed by atoms with Crippen LogP contribution in [0, 0.1) is 29.1 Å². The zero-order valence-corrected chi connectivity index (χ0v) is 13.5. The number of anilines is 1. The molecule has 0 N–H and O–H groups in total. The molecule has 0 atom stereocenters. The van der Waals surface area contributed by atoms with Crippen molar-refractivity contribution in [2.24, 2.45) is 0 Å². The van der Waals surface area contributed by atoms with Crippen LogP contribution in [0.3, 0.4) is 0 Å². The molecular weight excluding hydrogens is 377 g/mol. The van der Waals surface area contributed by atoms with E-state index in [2.05, 4.69) is 0 Å². The van der Waals surface area contributed by atoms with Crippen molar-refractivity contribution >= 4 is 26.5 Å². The van der Waals surface area contributed by atoms with Crippen LogP contribution in [0.1, 0.15) is 5.56 Å². The number of sulfonamides is 1. The van der Waals surface area contributed by atoms with Gasteiger partial charge < -0.3 is 0 Å². The average molecular weight is 385 g/mol. The summed E-state index contributed by atoms with van der Waals surface area (Å²) in [5, 5.41) is 0.905. The Morgan fingerprint density at radius 3 is 1.92 bits per heavy atom. The third kappa shape index (κ3) is 2.06. The van der Waals surface area contributed by atoms with Crippen LogP contribution >= 0.6 is 0 Å². The minimum atomic E-state index is -4.20. The first-order valence-corrected chi connectivity index (χ1v) is 8.74. The summed E-state index contributed by atoms with van der Waals surface area (Å²) in [6, 6.07) is 9.07. The van der Waals surface area contributed by atoms with Crippen molar-refractivity contribution in [1.82, 2.24) is 0 Å². The lowest BCUT2D eigenvalue weighted by atomic mass is 10.1. The maximum absolute atomic E-state index is 14.0. The summed E-state index contributed by atoms with van der Waals surface area (Å²) in [6.07, 6.45) is 0. The molecule has 1 aliphatic heterocycles. The average Bonchev–Trinajstić information content (AvgIpc) is 2.85. The van der Waals surface area contributed by atoms with Crippen molar-refractivity contribution in [3.05, 3.63) is 71.0 Å². The summed E-state index contributed by atoms with van der Waals surface area (Å²) in [7, 11) is -4.20. The molecule has 1 heterocycles. The second-order valence-electron chi connectivity index (χ2n) is 5.69. The van der Waals surface area contributed by atoms with Crippen LogP contribution in [0.15, 0.2) is 41.3 Å². The van der Waals surface area contributed by atoms with Gasteiger partial charge in [-0.2, -0.15) is 0 Å². The summed E-state index contributed by atoms with van der Waals surface area (Å²) in [6.45, 7) is -1.03. The molecule has 9 heteroatoms. The zero-order chi connectivity index (χ0) is 18.8. The third-order valence-corrected chi connectivity index (χ3v) is 6.09. The molecule has 0 fully saturated rings. The summed E-state index contributed by atoms with van der Waals surface area (Å²) >= 11 is 0.